The Morgan fingerprint density at radius 3 is 1.83 bits per heavy atom. The van der Waals surface area contributed by atoms with Gasteiger partial charge in [-0.3, -0.25) is 14.1 Å². The van der Waals surface area contributed by atoms with Gasteiger partial charge in [-0.25, -0.2) is 0 Å². The van der Waals surface area contributed by atoms with Gasteiger partial charge < -0.3 is 30.5 Å². The zero-order valence-electron chi connectivity index (χ0n) is 29.9. The molecule has 48 heavy (non-hydrogen) atoms. The van der Waals surface area contributed by atoms with E-state index in [1.54, 1.807) is 6.92 Å². The van der Waals surface area contributed by atoms with E-state index >= 15 is 0 Å². The van der Waals surface area contributed by atoms with E-state index in [1.165, 1.54) is 70.6 Å². The molecule has 0 fully saturated rings. The molecule has 0 aliphatic heterocycles. The van der Waals surface area contributed by atoms with E-state index in [9.17, 15) is 38.4 Å². The Hall–Kier alpha value is -1.57. The minimum atomic E-state index is -4.17. The van der Waals surface area contributed by atoms with Gasteiger partial charge in [0.2, 0.25) is 5.91 Å². The van der Waals surface area contributed by atoms with Gasteiger partial charge in [-0.2, -0.15) is 8.42 Å². The number of esters is 1. The van der Waals surface area contributed by atoms with Crippen molar-refractivity contribution in [3.05, 3.63) is 12.2 Å². The van der Waals surface area contributed by atoms with Gasteiger partial charge in [0.05, 0.1) is 30.2 Å². The predicted octanol–water partition coefficient (Wildman–Crippen LogP) is 5.91. The maximum absolute atomic E-state index is 12.2. The summed E-state index contributed by atoms with van der Waals surface area (Å²) in [7, 11) is -4.17. The van der Waals surface area contributed by atoms with Crippen LogP contribution in [0.25, 0.3) is 0 Å². The van der Waals surface area contributed by atoms with Crippen molar-refractivity contribution < 1.29 is 47.7 Å². The van der Waals surface area contributed by atoms with E-state index in [0.29, 0.717) is 6.42 Å². The molecule has 0 aliphatic carbocycles. The number of carbonyl (C=O) groups is 2. The van der Waals surface area contributed by atoms with Gasteiger partial charge in [-0.1, -0.05) is 109 Å². The van der Waals surface area contributed by atoms with Crippen molar-refractivity contribution in [2.45, 2.75) is 192 Å². The highest BCUT2D eigenvalue weighted by atomic mass is 32.2. The Bertz CT molecular complexity index is 930. The first-order valence-corrected chi connectivity index (χ1v) is 20.2. The monoisotopic (exact) mass is 707 g/mol. The number of nitrogens with one attached hydrogen (secondary N) is 1. The number of allylic oxidation sites excluding steroid dienone is 1. The van der Waals surface area contributed by atoms with Crippen molar-refractivity contribution in [1.29, 1.82) is 0 Å². The molecular formula is C36H69NO10S. The molecule has 1 amide bonds. The van der Waals surface area contributed by atoms with E-state index in [1.807, 2.05) is 6.08 Å². The minimum absolute atomic E-state index is 0.00232. The van der Waals surface area contributed by atoms with Crippen molar-refractivity contribution in [2.75, 3.05) is 12.3 Å². The highest BCUT2D eigenvalue weighted by molar-refractivity contribution is 7.85. The van der Waals surface area contributed by atoms with Gasteiger partial charge in [0.25, 0.3) is 10.1 Å². The third kappa shape index (κ3) is 31.7. The van der Waals surface area contributed by atoms with Crippen molar-refractivity contribution in [2.24, 2.45) is 0 Å². The number of aliphatic hydroxyl groups is 4. The quantitative estimate of drug-likeness (QED) is 0.0207. The van der Waals surface area contributed by atoms with E-state index in [-0.39, 0.29) is 44.3 Å². The molecule has 12 heteroatoms. The van der Waals surface area contributed by atoms with Gasteiger partial charge in [0.1, 0.15) is 6.10 Å². The van der Waals surface area contributed by atoms with Crippen LogP contribution in [0.15, 0.2) is 12.2 Å². The minimum Gasteiger partial charge on any atom is -0.463 e. The van der Waals surface area contributed by atoms with Gasteiger partial charge >= 0.3 is 5.97 Å². The number of unbranched alkanes of at least 4 members (excludes halogenated alkanes) is 15. The van der Waals surface area contributed by atoms with Crippen molar-refractivity contribution in [1.82, 2.24) is 5.32 Å². The van der Waals surface area contributed by atoms with Gasteiger partial charge in [-0.15, -0.1) is 0 Å². The first-order chi connectivity index (χ1) is 22.8. The second kappa shape index (κ2) is 30.3. The summed E-state index contributed by atoms with van der Waals surface area (Å²) in [4.78, 5) is 23.9. The van der Waals surface area contributed by atoms with Crippen LogP contribution in [0.4, 0.5) is 0 Å². The Balaban J connectivity index is 3.70. The van der Waals surface area contributed by atoms with Gasteiger partial charge in [-0.05, 0) is 39.0 Å². The first kappa shape index (κ1) is 46.4. The fourth-order valence-electron chi connectivity index (χ4n) is 5.52. The van der Waals surface area contributed by atoms with Gasteiger partial charge in [0, 0.05) is 32.2 Å². The van der Waals surface area contributed by atoms with Crippen molar-refractivity contribution >= 4 is 22.0 Å². The molecule has 0 aromatic rings. The Labute approximate surface area is 291 Å². The summed E-state index contributed by atoms with van der Waals surface area (Å²) < 4.78 is 35.3. The average Bonchev–Trinajstić information content (AvgIpc) is 3.01. The van der Waals surface area contributed by atoms with Crippen LogP contribution >= 0.6 is 0 Å². The van der Waals surface area contributed by atoms with Crippen LogP contribution in [-0.4, -0.2) is 88.1 Å². The smallest absolute Gasteiger partial charge is 0.306 e. The number of amides is 1. The molecule has 0 saturated carbocycles. The summed E-state index contributed by atoms with van der Waals surface area (Å²) in [6, 6.07) is 0. The Kier molecular flexibility index (Phi) is 29.3. The average molecular weight is 708 g/mol. The number of aliphatic hydroxyl groups excluding tert-OH is 4. The molecule has 0 aliphatic rings. The zero-order chi connectivity index (χ0) is 36.0. The normalized spacial score (nSPS) is 15.2. The van der Waals surface area contributed by atoms with Gasteiger partial charge in [0.15, 0.2) is 0 Å². The van der Waals surface area contributed by atoms with Crippen LogP contribution in [0.2, 0.25) is 0 Å². The molecule has 11 nitrogen and oxygen atoms in total. The lowest BCUT2D eigenvalue weighted by Gasteiger charge is -2.23. The fourth-order valence-corrected chi connectivity index (χ4v) is 5.88. The lowest BCUT2D eigenvalue weighted by atomic mass is 9.99. The molecule has 0 heterocycles. The molecule has 0 saturated heterocycles. The number of hydrogen-bond acceptors (Lipinski definition) is 9. The fraction of sp³-hybridized carbons (Fsp3) is 0.889. The molecule has 284 valence electrons. The lowest BCUT2D eigenvalue weighted by Crippen LogP contribution is -2.34. The topological polar surface area (TPSA) is 191 Å². The second-order valence-corrected chi connectivity index (χ2v) is 14.9. The molecule has 6 N–H and O–H groups in total. The molecule has 0 spiro atoms. The highest BCUT2D eigenvalue weighted by Crippen LogP contribution is 2.16. The molecule has 0 bridgehead atoms. The number of ether oxygens (including phenoxy) is 1. The summed E-state index contributed by atoms with van der Waals surface area (Å²) in [6.07, 6.45) is 20.4. The van der Waals surface area contributed by atoms with E-state index in [2.05, 4.69) is 18.3 Å². The largest absolute Gasteiger partial charge is 0.463 e. The van der Waals surface area contributed by atoms with Crippen LogP contribution in [0.5, 0.6) is 0 Å². The molecule has 5 atom stereocenters. The standard InChI is InChI=1S/C36H69NO10S/c1-3-4-5-15-18-21-31(38)22-19-16-13-11-9-7-6-8-10-12-14-17-20-23-36(43)47-30(2)28-33(40)34(41)29-32(39)24-25-35(42)37-26-27-48(44,45)46/h18,21,30-34,38-41H,3-17,19-20,22-29H2,1-2H3,(H,37,42)(H,44,45,46). The third-order valence-electron chi connectivity index (χ3n) is 8.46. The molecule has 0 radical (unpaired) electrons. The maximum Gasteiger partial charge on any atom is 0.306 e. The summed E-state index contributed by atoms with van der Waals surface area (Å²) >= 11 is 0. The number of rotatable bonds is 33. The van der Waals surface area contributed by atoms with Crippen molar-refractivity contribution in [3.8, 4) is 0 Å². The van der Waals surface area contributed by atoms with E-state index in [0.717, 1.165) is 44.9 Å². The van der Waals surface area contributed by atoms with Crippen molar-refractivity contribution in [3.63, 3.8) is 0 Å². The molecule has 0 aromatic heterocycles. The number of carbonyl (C=O) groups excluding carboxylic acids is 2. The summed E-state index contributed by atoms with van der Waals surface area (Å²) in [5, 5.41) is 42.9. The maximum atomic E-state index is 12.2. The van der Waals surface area contributed by atoms with Crippen LogP contribution in [0.1, 0.15) is 162 Å². The molecular weight excluding hydrogens is 638 g/mol. The van der Waals surface area contributed by atoms with Crippen LogP contribution in [0.3, 0.4) is 0 Å². The molecule has 0 aromatic carbocycles. The zero-order valence-corrected chi connectivity index (χ0v) is 30.7. The summed E-state index contributed by atoms with van der Waals surface area (Å²) in [5.74, 6) is -1.45. The Morgan fingerprint density at radius 2 is 1.27 bits per heavy atom. The Morgan fingerprint density at radius 1 is 0.729 bits per heavy atom. The van der Waals surface area contributed by atoms with Crippen LogP contribution in [0, 0.1) is 0 Å². The summed E-state index contributed by atoms with van der Waals surface area (Å²) in [5.41, 5.74) is 0. The highest BCUT2D eigenvalue weighted by Gasteiger charge is 2.24. The molecule has 5 unspecified atom stereocenters. The first-order valence-electron chi connectivity index (χ1n) is 18.6. The third-order valence-corrected chi connectivity index (χ3v) is 9.18. The SMILES string of the molecule is CCCCCC=CC(O)CCCCCCCCCCCCCCCC(=O)OC(C)CC(O)C(O)CC(O)CCC(=O)NCCS(=O)(=O)O. The summed E-state index contributed by atoms with van der Waals surface area (Å²) in [6.45, 7) is 3.59. The lowest BCUT2D eigenvalue weighted by molar-refractivity contribution is -0.150. The number of hydrogen-bond donors (Lipinski definition) is 6. The molecule has 0 rings (SSSR count). The van der Waals surface area contributed by atoms with E-state index < -0.39 is 46.2 Å². The predicted molar refractivity (Wildman–Crippen MR) is 190 cm³/mol. The van der Waals surface area contributed by atoms with Crippen LogP contribution < -0.4 is 5.32 Å². The second-order valence-electron chi connectivity index (χ2n) is 13.4. The van der Waals surface area contributed by atoms with E-state index in [4.69, 9.17) is 9.29 Å². The van der Waals surface area contributed by atoms with Crippen LogP contribution in [-0.2, 0) is 24.4 Å².